The molecule has 3 atom stereocenters. The summed E-state index contributed by atoms with van der Waals surface area (Å²) in [5, 5.41) is 20.9. The van der Waals surface area contributed by atoms with Crippen molar-refractivity contribution in [1.82, 2.24) is 4.90 Å². The molecule has 14 heteroatoms. The molecule has 0 aromatic heterocycles. The van der Waals surface area contributed by atoms with Gasteiger partial charge >= 0.3 is 17.9 Å². The van der Waals surface area contributed by atoms with Crippen molar-refractivity contribution in [1.29, 1.82) is 0 Å². The van der Waals surface area contributed by atoms with Gasteiger partial charge in [-0.15, -0.1) is 0 Å². The lowest BCUT2D eigenvalue weighted by atomic mass is 10.0. The van der Waals surface area contributed by atoms with Crippen LogP contribution in [0, 0.1) is 0 Å². The number of hydrogen-bond donors (Lipinski definition) is 1. The highest BCUT2D eigenvalue weighted by Crippen LogP contribution is 2.42. The minimum Gasteiger partial charge on any atom is -0.550 e. The maximum Gasteiger partial charge on any atom is 0.331 e. The summed E-state index contributed by atoms with van der Waals surface area (Å²) in [5.74, 6) is -6.82. The van der Waals surface area contributed by atoms with Crippen LogP contribution in [-0.4, -0.2) is 65.6 Å². The number of aliphatic imine (C=N–C) groups is 1. The minimum atomic E-state index is -3.67. The van der Waals surface area contributed by atoms with Crippen LogP contribution >= 0.6 is 0 Å². The van der Waals surface area contributed by atoms with Gasteiger partial charge in [0, 0.05) is 31.0 Å². The van der Waals surface area contributed by atoms with Crippen molar-refractivity contribution in [2.45, 2.75) is 243 Å². The molecule has 12 nitrogen and oxygen atoms in total. The van der Waals surface area contributed by atoms with Crippen molar-refractivity contribution in [3.05, 3.63) is 24.7 Å². The molecule has 2 heterocycles. The van der Waals surface area contributed by atoms with Gasteiger partial charge in [-0.05, 0) is 44.6 Å². The number of nitrogens with zero attached hydrogens (tertiary/aromatic N) is 2. The second kappa shape index (κ2) is 33.9. The Hall–Kier alpha value is -3.55. The fourth-order valence-corrected chi connectivity index (χ4v) is 8.07. The molecule has 2 rings (SSSR count). The molecular formula is C48H79F2N3O9-2. The molecule has 0 aliphatic carbocycles. The Bertz CT molecular complexity index is 1340. The predicted molar refractivity (Wildman–Crippen MR) is 233 cm³/mol. The van der Waals surface area contributed by atoms with Crippen molar-refractivity contribution in [3.63, 3.8) is 0 Å². The summed E-state index contributed by atoms with van der Waals surface area (Å²) in [4.78, 5) is 51.4. The van der Waals surface area contributed by atoms with E-state index < -0.39 is 54.8 Å². The number of unbranched alkanes of at least 4 members (excludes halogenated alkanes) is 28. The smallest absolute Gasteiger partial charge is 0.331 e. The van der Waals surface area contributed by atoms with E-state index >= 15 is 8.78 Å². The average Bonchev–Trinajstić information content (AvgIpc) is 3.46. The Kier molecular flexibility index (Phi) is 29.9. The Morgan fingerprint density at radius 1 is 0.613 bits per heavy atom. The first-order chi connectivity index (χ1) is 29.9. The van der Waals surface area contributed by atoms with E-state index in [0.717, 1.165) is 101 Å². The molecule has 0 radical (unpaired) electrons. The Morgan fingerprint density at radius 2 is 0.952 bits per heavy atom. The summed E-state index contributed by atoms with van der Waals surface area (Å²) in [6.07, 6.45) is 29.3. The van der Waals surface area contributed by atoms with Crippen LogP contribution in [0.3, 0.4) is 0 Å². The summed E-state index contributed by atoms with van der Waals surface area (Å²) in [5.41, 5.74) is 5.71. The van der Waals surface area contributed by atoms with Gasteiger partial charge in [0.25, 0.3) is 0 Å². The number of carboxylic acid groups (broad SMARTS) is 2. The third kappa shape index (κ3) is 25.5. The van der Waals surface area contributed by atoms with Crippen LogP contribution in [0.1, 0.15) is 218 Å². The third-order valence-corrected chi connectivity index (χ3v) is 11.8. The molecule has 0 aromatic rings. The number of carboxylic acids is 2. The molecule has 356 valence electrons. The van der Waals surface area contributed by atoms with E-state index in [9.17, 15) is 29.4 Å². The van der Waals surface area contributed by atoms with Crippen LogP contribution in [0.25, 0.3) is 0 Å². The summed E-state index contributed by atoms with van der Waals surface area (Å²) in [6, 6.07) is 0. The van der Waals surface area contributed by atoms with Gasteiger partial charge in [0.2, 0.25) is 6.23 Å². The Balaban J connectivity index is 1.61. The van der Waals surface area contributed by atoms with E-state index in [1.54, 1.807) is 0 Å². The first-order valence-electron chi connectivity index (χ1n) is 24.2. The second-order valence-corrected chi connectivity index (χ2v) is 17.3. The van der Waals surface area contributed by atoms with Crippen molar-refractivity contribution in [3.8, 4) is 0 Å². The number of halogens is 2. The third-order valence-electron chi connectivity index (χ3n) is 11.8. The number of carbonyl (C=O) groups is 4. The van der Waals surface area contributed by atoms with Crippen molar-refractivity contribution in [2.75, 3.05) is 6.61 Å². The molecule has 2 N–H and O–H groups in total. The first-order valence-corrected chi connectivity index (χ1v) is 24.2. The number of amidine groups is 1. The van der Waals surface area contributed by atoms with E-state index in [2.05, 4.69) is 11.6 Å². The zero-order chi connectivity index (χ0) is 45.3. The molecule has 2 aliphatic rings. The van der Waals surface area contributed by atoms with Crippen molar-refractivity contribution in [2.24, 2.45) is 10.7 Å². The summed E-state index contributed by atoms with van der Waals surface area (Å²) < 4.78 is 48.5. The van der Waals surface area contributed by atoms with Crippen LogP contribution in [-0.2, 0) is 33.4 Å². The van der Waals surface area contributed by atoms with E-state index in [1.165, 1.54) is 82.9 Å². The maximum absolute atomic E-state index is 16.0. The van der Waals surface area contributed by atoms with E-state index in [1.807, 2.05) is 0 Å². The van der Waals surface area contributed by atoms with Gasteiger partial charge in [-0.3, -0.25) is 9.59 Å². The van der Waals surface area contributed by atoms with Crippen LogP contribution in [0.4, 0.5) is 8.78 Å². The molecule has 1 saturated heterocycles. The van der Waals surface area contributed by atoms with Gasteiger partial charge in [0.15, 0.2) is 6.10 Å². The molecular weight excluding hydrogens is 801 g/mol. The first kappa shape index (κ1) is 54.6. The predicted octanol–water partition coefficient (Wildman–Crippen LogP) is 9.22. The molecule has 0 saturated carbocycles. The van der Waals surface area contributed by atoms with E-state index in [4.69, 9.17) is 19.9 Å². The zero-order valence-corrected chi connectivity index (χ0v) is 37.7. The number of esters is 2. The number of ether oxygens (including phenoxy) is 3. The van der Waals surface area contributed by atoms with Gasteiger partial charge in [-0.25, -0.2) is 4.99 Å². The molecule has 0 bridgehead atoms. The molecule has 0 amide bonds. The Morgan fingerprint density at radius 3 is 1.31 bits per heavy atom. The normalized spacial score (nSPS) is 18.2. The number of nitrogens with two attached hydrogens (primary N) is 1. The standard InChI is InChI=1S/C48H81F2N3O9/c1-39-52-41(51)36-37-53(39)47-48(49,50)46(62-45(59)35-31-27-23-19-15-11-7-3-5-9-13-17-21-25-29-33-43(56)57)40(61-47)38-60-44(58)34-30-26-22-18-14-10-6-2-4-8-12-16-20-24-28-32-42(54)55/h36-37,40,46-47H,1-35,38H2,(H2,51,52)(H,54,55)(H,56,57)/p-2/t40-,46?,47-/m1/s1. The summed E-state index contributed by atoms with van der Waals surface area (Å²) >= 11 is 0. The highest BCUT2D eigenvalue weighted by molar-refractivity contribution is 5.92. The minimum absolute atomic E-state index is 0.00375. The SMILES string of the molecule is C=C1N=C(N)C=CN1[C@@H]1O[C@H](COC(=O)CCCCCCCCCCCCCCCCCC(=O)[O-])C(OC(=O)CCCCCCCCCCCCCCCCCC(=O)[O-])C1(F)F. The molecule has 62 heavy (non-hydrogen) atoms. The number of hydrogen-bond acceptors (Lipinski definition) is 12. The maximum atomic E-state index is 16.0. The lowest BCUT2D eigenvalue weighted by Gasteiger charge is -2.32. The largest absolute Gasteiger partial charge is 0.550 e. The zero-order valence-electron chi connectivity index (χ0n) is 37.7. The molecule has 1 unspecified atom stereocenters. The van der Waals surface area contributed by atoms with E-state index in [-0.39, 0.29) is 37.3 Å². The van der Waals surface area contributed by atoms with Gasteiger partial charge in [-0.2, -0.15) is 8.78 Å². The number of carbonyl (C=O) groups excluding carboxylic acids is 4. The lowest BCUT2D eigenvalue weighted by molar-refractivity contribution is -0.307. The van der Waals surface area contributed by atoms with Gasteiger partial charge < -0.3 is 44.6 Å². The van der Waals surface area contributed by atoms with Crippen LogP contribution in [0.15, 0.2) is 29.7 Å². The monoisotopic (exact) mass is 880 g/mol. The van der Waals surface area contributed by atoms with Gasteiger partial charge in [0.05, 0.1) is 0 Å². The summed E-state index contributed by atoms with van der Waals surface area (Å²) in [7, 11) is 0. The lowest BCUT2D eigenvalue weighted by Crippen LogP contribution is -2.49. The molecule has 2 aliphatic heterocycles. The average molecular weight is 880 g/mol. The highest BCUT2D eigenvalue weighted by atomic mass is 19.3. The molecule has 1 fully saturated rings. The highest BCUT2D eigenvalue weighted by Gasteiger charge is 2.63. The number of aliphatic carboxylic acids is 2. The molecule has 0 aromatic carbocycles. The van der Waals surface area contributed by atoms with Crippen LogP contribution in [0.5, 0.6) is 0 Å². The van der Waals surface area contributed by atoms with Crippen molar-refractivity contribution < 1.29 is 52.4 Å². The second-order valence-electron chi connectivity index (χ2n) is 17.3. The van der Waals surface area contributed by atoms with E-state index in [0.29, 0.717) is 25.7 Å². The molecule has 0 spiro atoms. The number of rotatable bonds is 40. The fourth-order valence-electron chi connectivity index (χ4n) is 8.07. The Labute approximate surface area is 370 Å². The quantitative estimate of drug-likeness (QED) is 0.0457. The fraction of sp³-hybridized carbons (Fsp3) is 0.812. The van der Waals surface area contributed by atoms with Gasteiger partial charge in [-0.1, -0.05) is 174 Å². The van der Waals surface area contributed by atoms with Gasteiger partial charge in [0.1, 0.15) is 24.4 Å². The topological polar surface area (TPSA) is 184 Å². The van der Waals surface area contributed by atoms with Crippen LogP contribution < -0.4 is 15.9 Å². The van der Waals surface area contributed by atoms with Crippen LogP contribution in [0.2, 0.25) is 0 Å². The number of alkyl halides is 2. The van der Waals surface area contributed by atoms with Crippen molar-refractivity contribution >= 4 is 29.7 Å². The summed E-state index contributed by atoms with van der Waals surface area (Å²) in [6.45, 7) is 3.23.